The van der Waals surface area contributed by atoms with Gasteiger partial charge in [0.2, 0.25) is 5.91 Å². The quantitative estimate of drug-likeness (QED) is 0.577. The summed E-state index contributed by atoms with van der Waals surface area (Å²) < 4.78 is 0. The first kappa shape index (κ1) is 16.0. The van der Waals surface area contributed by atoms with E-state index in [0.29, 0.717) is 12.8 Å². The molecule has 0 aliphatic heterocycles. The number of carbonyl (C=O) groups is 1. The lowest BCUT2D eigenvalue weighted by Gasteiger charge is -2.22. The van der Waals surface area contributed by atoms with Crippen molar-refractivity contribution in [1.82, 2.24) is 4.90 Å². The molecule has 0 spiro atoms. The molecule has 0 aromatic heterocycles. The molecule has 0 aliphatic rings. The Morgan fingerprint density at radius 1 is 1.24 bits per heavy atom. The van der Waals surface area contributed by atoms with Crippen molar-refractivity contribution in [3.63, 3.8) is 0 Å². The minimum Gasteiger partial charge on any atom is -0.342 e. The molecule has 0 saturated carbocycles. The fraction of sp³-hybridized carbons (Fsp3) is 0.857. The van der Waals surface area contributed by atoms with Crippen LogP contribution in [0.2, 0.25) is 0 Å². The number of rotatable bonds is 9. The van der Waals surface area contributed by atoms with Crippen LogP contribution < -0.4 is 0 Å². The van der Waals surface area contributed by atoms with Crippen LogP contribution in [0, 0.1) is 11.3 Å². The molecule has 0 bridgehead atoms. The highest BCUT2D eigenvalue weighted by molar-refractivity contribution is 5.76. The SMILES string of the molecule is CCCCCCCCC(=O)N(C)C(C)CC#N. The van der Waals surface area contributed by atoms with Gasteiger partial charge in [-0.2, -0.15) is 5.26 Å². The maximum absolute atomic E-state index is 11.8. The Labute approximate surface area is 106 Å². The smallest absolute Gasteiger partial charge is 0.222 e. The van der Waals surface area contributed by atoms with E-state index in [1.54, 1.807) is 11.9 Å². The zero-order valence-electron chi connectivity index (χ0n) is 11.5. The summed E-state index contributed by atoms with van der Waals surface area (Å²) in [6, 6.07) is 2.13. The minimum absolute atomic E-state index is 0.0348. The van der Waals surface area contributed by atoms with Crippen molar-refractivity contribution in [3.8, 4) is 6.07 Å². The Kier molecular flexibility index (Phi) is 9.52. The molecule has 0 saturated heterocycles. The number of hydrogen-bond acceptors (Lipinski definition) is 2. The number of unbranched alkanes of at least 4 members (excludes halogenated alkanes) is 5. The van der Waals surface area contributed by atoms with Gasteiger partial charge in [-0.05, 0) is 13.3 Å². The van der Waals surface area contributed by atoms with Gasteiger partial charge in [-0.3, -0.25) is 4.79 Å². The third-order valence-corrected chi connectivity index (χ3v) is 3.19. The van der Waals surface area contributed by atoms with Crippen LogP contribution in [-0.4, -0.2) is 23.9 Å². The molecule has 0 rings (SSSR count). The second-order valence-corrected chi connectivity index (χ2v) is 4.73. The molecule has 3 nitrogen and oxygen atoms in total. The van der Waals surface area contributed by atoms with Crippen LogP contribution in [0.3, 0.4) is 0 Å². The molecule has 98 valence electrons. The van der Waals surface area contributed by atoms with Gasteiger partial charge in [0.15, 0.2) is 0 Å². The summed E-state index contributed by atoms with van der Waals surface area (Å²) in [5.74, 6) is 0.170. The highest BCUT2D eigenvalue weighted by Gasteiger charge is 2.14. The van der Waals surface area contributed by atoms with Gasteiger partial charge in [0.25, 0.3) is 0 Å². The summed E-state index contributed by atoms with van der Waals surface area (Å²) in [6.07, 6.45) is 8.24. The van der Waals surface area contributed by atoms with E-state index in [0.717, 1.165) is 12.8 Å². The molecule has 0 radical (unpaired) electrons. The number of amides is 1. The van der Waals surface area contributed by atoms with Gasteiger partial charge < -0.3 is 4.90 Å². The Morgan fingerprint density at radius 2 is 1.82 bits per heavy atom. The predicted molar refractivity (Wildman–Crippen MR) is 70.5 cm³/mol. The summed E-state index contributed by atoms with van der Waals surface area (Å²) in [5, 5.41) is 8.58. The summed E-state index contributed by atoms with van der Waals surface area (Å²) in [7, 11) is 1.79. The normalized spacial score (nSPS) is 11.9. The predicted octanol–water partition coefficient (Wildman–Crippen LogP) is 3.50. The molecule has 1 atom stereocenters. The van der Waals surface area contributed by atoms with Crippen LogP contribution in [0.4, 0.5) is 0 Å². The van der Waals surface area contributed by atoms with Crippen molar-refractivity contribution in [2.75, 3.05) is 7.05 Å². The van der Waals surface area contributed by atoms with Crippen molar-refractivity contribution in [3.05, 3.63) is 0 Å². The molecule has 0 heterocycles. The molecule has 0 fully saturated rings. The molecule has 0 aromatic rings. The van der Waals surface area contributed by atoms with Gasteiger partial charge in [0, 0.05) is 19.5 Å². The number of nitriles is 1. The fourth-order valence-corrected chi connectivity index (χ4v) is 1.75. The number of carbonyl (C=O) groups excluding carboxylic acids is 1. The lowest BCUT2D eigenvalue weighted by atomic mass is 10.1. The number of hydrogen-bond donors (Lipinski definition) is 0. The summed E-state index contributed by atoms with van der Waals surface area (Å²) in [5.41, 5.74) is 0. The van der Waals surface area contributed by atoms with E-state index >= 15 is 0 Å². The third-order valence-electron chi connectivity index (χ3n) is 3.19. The van der Waals surface area contributed by atoms with Gasteiger partial charge in [-0.15, -0.1) is 0 Å². The molecule has 1 unspecified atom stereocenters. The van der Waals surface area contributed by atoms with E-state index in [1.807, 2.05) is 6.92 Å². The Bertz CT molecular complexity index is 245. The first-order valence-electron chi connectivity index (χ1n) is 6.76. The van der Waals surface area contributed by atoms with Crippen molar-refractivity contribution in [2.45, 2.75) is 71.3 Å². The van der Waals surface area contributed by atoms with Crippen LogP contribution in [-0.2, 0) is 4.79 Å². The minimum atomic E-state index is 0.0348. The lowest BCUT2D eigenvalue weighted by molar-refractivity contribution is -0.131. The van der Waals surface area contributed by atoms with Crippen LogP contribution in [0.1, 0.15) is 65.2 Å². The van der Waals surface area contributed by atoms with Crippen molar-refractivity contribution >= 4 is 5.91 Å². The van der Waals surface area contributed by atoms with Gasteiger partial charge in [-0.25, -0.2) is 0 Å². The molecule has 0 aliphatic carbocycles. The van der Waals surface area contributed by atoms with Crippen molar-refractivity contribution < 1.29 is 4.79 Å². The Hall–Kier alpha value is -1.04. The highest BCUT2D eigenvalue weighted by atomic mass is 16.2. The maximum atomic E-state index is 11.8. The van der Waals surface area contributed by atoms with E-state index in [4.69, 9.17) is 5.26 Å². The van der Waals surface area contributed by atoms with Crippen molar-refractivity contribution in [1.29, 1.82) is 5.26 Å². The van der Waals surface area contributed by atoms with E-state index in [9.17, 15) is 4.79 Å². The molecule has 0 N–H and O–H groups in total. The average molecular weight is 238 g/mol. The van der Waals surface area contributed by atoms with Gasteiger partial charge >= 0.3 is 0 Å². The third kappa shape index (κ3) is 7.79. The van der Waals surface area contributed by atoms with E-state index in [-0.39, 0.29) is 11.9 Å². The monoisotopic (exact) mass is 238 g/mol. The van der Waals surface area contributed by atoms with Crippen molar-refractivity contribution in [2.24, 2.45) is 0 Å². The van der Waals surface area contributed by atoms with Crippen LogP contribution in [0.25, 0.3) is 0 Å². The van der Waals surface area contributed by atoms with Crippen LogP contribution in [0.15, 0.2) is 0 Å². The lowest BCUT2D eigenvalue weighted by Crippen LogP contribution is -2.34. The topological polar surface area (TPSA) is 44.1 Å². The second kappa shape index (κ2) is 10.1. The summed E-state index contributed by atoms with van der Waals surface area (Å²) in [6.45, 7) is 4.12. The van der Waals surface area contributed by atoms with E-state index in [1.165, 1.54) is 25.7 Å². The maximum Gasteiger partial charge on any atom is 0.222 e. The molecule has 0 aromatic carbocycles. The van der Waals surface area contributed by atoms with Gasteiger partial charge in [-0.1, -0.05) is 39.0 Å². The molecule has 1 amide bonds. The van der Waals surface area contributed by atoms with Crippen LogP contribution >= 0.6 is 0 Å². The molecular formula is C14H26N2O. The van der Waals surface area contributed by atoms with Gasteiger partial charge in [0.1, 0.15) is 0 Å². The Balaban J connectivity index is 3.61. The largest absolute Gasteiger partial charge is 0.342 e. The van der Waals surface area contributed by atoms with E-state index in [2.05, 4.69) is 13.0 Å². The Morgan fingerprint density at radius 3 is 2.41 bits per heavy atom. The molecule has 17 heavy (non-hydrogen) atoms. The van der Waals surface area contributed by atoms with Gasteiger partial charge in [0.05, 0.1) is 12.5 Å². The standard InChI is InChI=1S/C14H26N2O/c1-4-5-6-7-8-9-10-14(17)16(3)13(2)11-12-15/h13H,4-11H2,1-3H3. The fourth-order valence-electron chi connectivity index (χ4n) is 1.75. The first-order valence-corrected chi connectivity index (χ1v) is 6.76. The molecular weight excluding hydrogens is 212 g/mol. The first-order chi connectivity index (χ1) is 8.13. The second-order valence-electron chi connectivity index (χ2n) is 4.73. The zero-order valence-corrected chi connectivity index (χ0v) is 11.5. The molecule has 3 heteroatoms. The highest BCUT2D eigenvalue weighted by Crippen LogP contribution is 2.09. The number of nitrogens with zero attached hydrogens (tertiary/aromatic N) is 2. The summed E-state index contributed by atoms with van der Waals surface area (Å²) in [4.78, 5) is 13.5. The van der Waals surface area contributed by atoms with Crippen LogP contribution in [0.5, 0.6) is 0 Å². The summed E-state index contributed by atoms with van der Waals surface area (Å²) >= 11 is 0. The zero-order chi connectivity index (χ0) is 13.1. The van der Waals surface area contributed by atoms with E-state index < -0.39 is 0 Å². The average Bonchev–Trinajstić information content (AvgIpc) is 2.32.